The summed E-state index contributed by atoms with van der Waals surface area (Å²) in [6.45, 7) is 4.80. The van der Waals surface area contributed by atoms with Gasteiger partial charge in [-0.2, -0.15) is 0 Å². The lowest BCUT2D eigenvalue weighted by atomic mass is 10.0. The number of rotatable bonds is 7. The van der Waals surface area contributed by atoms with Crippen LogP contribution in [0.2, 0.25) is 5.02 Å². The zero-order valence-electron chi connectivity index (χ0n) is 17.2. The number of halogens is 1. The lowest BCUT2D eigenvalue weighted by Gasteiger charge is -2.10. The molecule has 0 aliphatic carbocycles. The molecule has 0 unspecified atom stereocenters. The van der Waals surface area contributed by atoms with Crippen LogP contribution in [-0.4, -0.2) is 21.6 Å². The Morgan fingerprint density at radius 3 is 2.60 bits per heavy atom. The van der Waals surface area contributed by atoms with Crippen molar-refractivity contribution in [2.75, 3.05) is 17.6 Å². The SMILES string of the molecule is CCNC(=S)Nc1ccc(CCCc2cc(-c3cccc(Cl)c3C)nc(N)n2)cc1. The highest BCUT2D eigenvalue weighted by Gasteiger charge is 2.09. The number of aromatic nitrogens is 2. The number of anilines is 2. The molecule has 156 valence electrons. The van der Waals surface area contributed by atoms with Gasteiger partial charge in [-0.1, -0.05) is 35.9 Å². The van der Waals surface area contributed by atoms with E-state index in [1.54, 1.807) is 0 Å². The van der Waals surface area contributed by atoms with Crippen molar-refractivity contribution in [3.8, 4) is 11.3 Å². The second-order valence-electron chi connectivity index (χ2n) is 7.05. The van der Waals surface area contributed by atoms with E-state index in [0.29, 0.717) is 5.11 Å². The van der Waals surface area contributed by atoms with Crippen molar-refractivity contribution < 1.29 is 0 Å². The van der Waals surface area contributed by atoms with Gasteiger partial charge in [0.05, 0.1) is 5.69 Å². The summed E-state index contributed by atoms with van der Waals surface area (Å²) < 4.78 is 0. The van der Waals surface area contributed by atoms with E-state index in [9.17, 15) is 0 Å². The third-order valence-corrected chi connectivity index (χ3v) is 5.44. The Balaban J connectivity index is 1.62. The molecule has 0 saturated carbocycles. The molecule has 0 bridgehead atoms. The number of hydrogen-bond acceptors (Lipinski definition) is 4. The first-order valence-electron chi connectivity index (χ1n) is 9.99. The number of nitrogens with two attached hydrogens (primary N) is 1. The summed E-state index contributed by atoms with van der Waals surface area (Å²) in [6, 6.07) is 16.1. The van der Waals surface area contributed by atoms with Crippen LogP contribution < -0.4 is 16.4 Å². The lowest BCUT2D eigenvalue weighted by molar-refractivity contribution is 0.797. The zero-order valence-corrected chi connectivity index (χ0v) is 18.8. The van der Waals surface area contributed by atoms with Crippen LogP contribution in [0, 0.1) is 6.92 Å². The Kier molecular flexibility index (Phi) is 7.60. The van der Waals surface area contributed by atoms with Crippen molar-refractivity contribution in [3.05, 3.63) is 70.4 Å². The molecule has 3 aromatic rings. The van der Waals surface area contributed by atoms with E-state index in [-0.39, 0.29) is 5.95 Å². The molecule has 5 nitrogen and oxygen atoms in total. The maximum atomic E-state index is 6.26. The number of hydrogen-bond donors (Lipinski definition) is 3. The van der Waals surface area contributed by atoms with Gasteiger partial charge in [0, 0.05) is 28.5 Å². The molecule has 30 heavy (non-hydrogen) atoms. The number of thiocarbonyl (C=S) groups is 1. The van der Waals surface area contributed by atoms with Gasteiger partial charge in [-0.05, 0) is 80.7 Å². The average Bonchev–Trinajstić information content (AvgIpc) is 2.71. The van der Waals surface area contributed by atoms with Crippen LogP contribution in [0.3, 0.4) is 0 Å². The fourth-order valence-electron chi connectivity index (χ4n) is 3.23. The number of benzene rings is 2. The van der Waals surface area contributed by atoms with Crippen LogP contribution in [-0.2, 0) is 12.8 Å². The Morgan fingerprint density at radius 1 is 1.10 bits per heavy atom. The number of nitrogens with zero attached hydrogens (tertiary/aromatic N) is 2. The molecule has 7 heteroatoms. The molecule has 0 fully saturated rings. The number of nitrogen functional groups attached to an aromatic ring is 1. The van der Waals surface area contributed by atoms with Gasteiger partial charge in [-0.25, -0.2) is 9.97 Å². The molecule has 4 N–H and O–H groups in total. The Hall–Kier alpha value is -2.70. The molecule has 0 radical (unpaired) electrons. The largest absolute Gasteiger partial charge is 0.368 e. The lowest BCUT2D eigenvalue weighted by Crippen LogP contribution is -2.27. The summed E-state index contributed by atoms with van der Waals surface area (Å²) in [5.41, 5.74) is 11.9. The normalized spacial score (nSPS) is 10.6. The summed E-state index contributed by atoms with van der Waals surface area (Å²) >= 11 is 11.5. The Bertz CT molecular complexity index is 1020. The van der Waals surface area contributed by atoms with Crippen molar-refractivity contribution in [1.29, 1.82) is 0 Å². The fourth-order valence-corrected chi connectivity index (χ4v) is 3.67. The van der Waals surface area contributed by atoms with Crippen molar-refractivity contribution >= 4 is 40.6 Å². The highest BCUT2D eigenvalue weighted by atomic mass is 35.5. The molecular formula is C23H26ClN5S. The van der Waals surface area contributed by atoms with E-state index in [2.05, 4.69) is 32.7 Å². The van der Waals surface area contributed by atoms with E-state index in [1.807, 2.05) is 50.2 Å². The molecule has 0 spiro atoms. The van der Waals surface area contributed by atoms with E-state index in [1.165, 1.54) is 5.56 Å². The van der Waals surface area contributed by atoms with Gasteiger partial charge in [0.25, 0.3) is 0 Å². The third kappa shape index (κ3) is 5.90. The molecule has 0 aliphatic rings. The molecule has 1 heterocycles. The molecule has 0 amide bonds. The fraction of sp³-hybridized carbons (Fsp3) is 0.261. The smallest absolute Gasteiger partial charge is 0.220 e. The second kappa shape index (κ2) is 10.4. The molecular weight excluding hydrogens is 414 g/mol. The summed E-state index contributed by atoms with van der Waals surface area (Å²) in [7, 11) is 0. The predicted molar refractivity (Wildman–Crippen MR) is 130 cm³/mol. The van der Waals surface area contributed by atoms with Crippen LogP contribution in [0.4, 0.5) is 11.6 Å². The molecule has 2 aromatic carbocycles. The first-order valence-corrected chi connectivity index (χ1v) is 10.8. The minimum atomic E-state index is 0.286. The first-order chi connectivity index (χ1) is 14.5. The maximum Gasteiger partial charge on any atom is 0.220 e. The summed E-state index contributed by atoms with van der Waals surface area (Å²) in [5.74, 6) is 0.286. The first kappa shape index (κ1) is 22.0. The minimum absolute atomic E-state index is 0.286. The quantitative estimate of drug-likeness (QED) is 0.441. The van der Waals surface area contributed by atoms with Crippen molar-refractivity contribution in [1.82, 2.24) is 15.3 Å². The summed E-state index contributed by atoms with van der Waals surface area (Å²) in [6.07, 6.45) is 2.74. The highest BCUT2D eigenvalue weighted by molar-refractivity contribution is 7.80. The minimum Gasteiger partial charge on any atom is -0.368 e. The summed E-state index contributed by atoms with van der Waals surface area (Å²) in [5, 5.41) is 7.60. The second-order valence-corrected chi connectivity index (χ2v) is 7.87. The van der Waals surface area contributed by atoms with Crippen molar-refractivity contribution in [3.63, 3.8) is 0 Å². The van der Waals surface area contributed by atoms with Gasteiger partial charge in [-0.3, -0.25) is 0 Å². The topological polar surface area (TPSA) is 75.9 Å². The highest BCUT2D eigenvalue weighted by Crippen LogP contribution is 2.28. The molecule has 0 saturated heterocycles. The van der Waals surface area contributed by atoms with Gasteiger partial charge in [-0.15, -0.1) is 0 Å². The van der Waals surface area contributed by atoms with Crippen LogP contribution in [0.1, 0.15) is 30.2 Å². The van der Waals surface area contributed by atoms with Gasteiger partial charge in [0.1, 0.15) is 0 Å². The van der Waals surface area contributed by atoms with Crippen molar-refractivity contribution in [2.45, 2.75) is 33.1 Å². The van der Waals surface area contributed by atoms with Crippen LogP contribution in [0.25, 0.3) is 11.3 Å². The van der Waals surface area contributed by atoms with Gasteiger partial charge in [0.15, 0.2) is 5.11 Å². The zero-order chi connectivity index (χ0) is 21.5. The average molecular weight is 440 g/mol. The number of aryl methyl sites for hydroxylation is 2. The van der Waals surface area contributed by atoms with Crippen LogP contribution in [0.5, 0.6) is 0 Å². The Morgan fingerprint density at radius 2 is 1.87 bits per heavy atom. The van der Waals surface area contributed by atoms with Gasteiger partial charge in [0.2, 0.25) is 5.95 Å². The summed E-state index contributed by atoms with van der Waals surface area (Å²) in [4.78, 5) is 8.81. The van der Waals surface area contributed by atoms with E-state index < -0.39 is 0 Å². The van der Waals surface area contributed by atoms with E-state index >= 15 is 0 Å². The number of nitrogens with one attached hydrogen (secondary N) is 2. The van der Waals surface area contributed by atoms with Crippen molar-refractivity contribution in [2.24, 2.45) is 0 Å². The Labute approximate surface area is 188 Å². The molecule has 0 atom stereocenters. The van der Waals surface area contributed by atoms with Crippen LogP contribution in [0.15, 0.2) is 48.5 Å². The van der Waals surface area contributed by atoms with Gasteiger partial charge >= 0.3 is 0 Å². The third-order valence-electron chi connectivity index (χ3n) is 4.79. The monoisotopic (exact) mass is 439 g/mol. The molecule has 0 aliphatic heterocycles. The van der Waals surface area contributed by atoms with Crippen LogP contribution >= 0.6 is 23.8 Å². The molecule has 3 rings (SSSR count). The molecule has 1 aromatic heterocycles. The van der Waals surface area contributed by atoms with E-state index in [4.69, 9.17) is 29.6 Å². The van der Waals surface area contributed by atoms with Gasteiger partial charge < -0.3 is 16.4 Å². The standard InChI is InChI=1S/C23H26ClN5S/c1-3-26-23(30)28-17-12-10-16(11-13-17)6-4-7-18-14-21(29-22(25)27-18)19-8-5-9-20(24)15(19)2/h5,8-14H,3-4,6-7H2,1-2H3,(H2,25,27,29)(H2,26,28,30). The van der Waals surface area contributed by atoms with E-state index in [0.717, 1.165) is 59.0 Å². The maximum absolute atomic E-state index is 6.26. The predicted octanol–water partition coefficient (Wildman–Crippen LogP) is 5.17.